The average Bonchev–Trinajstić information content (AvgIpc) is 3.17. The number of allylic oxidation sites excluding steroid dienone is 1. The molecule has 0 N–H and O–H groups in total. The third-order valence-corrected chi connectivity index (χ3v) is 5.25. The van der Waals surface area contributed by atoms with Gasteiger partial charge in [0.05, 0.1) is 6.04 Å². The lowest BCUT2D eigenvalue weighted by Crippen LogP contribution is -2.39. The van der Waals surface area contributed by atoms with Gasteiger partial charge in [-0.2, -0.15) is 0 Å². The van der Waals surface area contributed by atoms with E-state index in [4.69, 9.17) is 14.2 Å². The van der Waals surface area contributed by atoms with Crippen LogP contribution in [0, 0.1) is 5.92 Å². The fraction of sp³-hybridized carbons (Fsp3) is 0.632. The summed E-state index contributed by atoms with van der Waals surface area (Å²) in [5, 5.41) is 0. The minimum atomic E-state index is -1.05. The van der Waals surface area contributed by atoms with Crippen molar-refractivity contribution in [3.8, 4) is 0 Å². The van der Waals surface area contributed by atoms with Gasteiger partial charge in [-0.05, 0) is 25.3 Å². The zero-order valence-corrected chi connectivity index (χ0v) is 15.4. The largest absolute Gasteiger partial charge is 0.458 e. The van der Waals surface area contributed by atoms with Crippen molar-refractivity contribution in [2.45, 2.75) is 51.9 Å². The molecule has 26 heavy (non-hydrogen) atoms. The van der Waals surface area contributed by atoms with Crippen molar-refractivity contribution in [3.05, 3.63) is 23.3 Å². The zero-order valence-electron chi connectivity index (χ0n) is 15.4. The van der Waals surface area contributed by atoms with Crippen molar-refractivity contribution >= 4 is 17.9 Å². The molecule has 142 valence electrons. The molecule has 2 saturated heterocycles. The highest BCUT2D eigenvalue weighted by Gasteiger charge is 2.43. The lowest BCUT2D eigenvalue weighted by atomic mass is 9.94. The molecular weight excluding hydrogens is 338 g/mol. The first-order chi connectivity index (χ1) is 12.4. The van der Waals surface area contributed by atoms with E-state index >= 15 is 0 Å². The predicted molar refractivity (Wildman–Crippen MR) is 92.0 cm³/mol. The van der Waals surface area contributed by atoms with Crippen LogP contribution in [-0.2, 0) is 28.6 Å². The molecule has 0 amide bonds. The molecule has 3 rings (SSSR count). The number of ether oxygens (including phenoxy) is 3. The number of cyclic esters (lactones) is 1. The first kappa shape index (κ1) is 18.6. The number of nitrogens with zero attached hydrogens (tertiary/aromatic N) is 1. The summed E-state index contributed by atoms with van der Waals surface area (Å²) in [5.74, 6) is -1.91. The Labute approximate surface area is 152 Å². The van der Waals surface area contributed by atoms with Crippen LogP contribution in [0.5, 0.6) is 0 Å². The summed E-state index contributed by atoms with van der Waals surface area (Å²) < 4.78 is 16.4. The summed E-state index contributed by atoms with van der Waals surface area (Å²) in [7, 11) is 0. The van der Waals surface area contributed by atoms with E-state index in [1.54, 1.807) is 19.9 Å². The first-order valence-corrected chi connectivity index (χ1v) is 9.03. The van der Waals surface area contributed by atoms with Crippen LogP contribution < -0.4 is 0 Å². The fourth-order valence-electron chi connectivity index (χ4n) is 3.92. The molecule has 3 heterocycles. The van der Waals surface area contributed by atoms with Crippen LogP contribution in [0.4, 0.5) is 0 Å². The summed E-state index contributed by atoms with van der Waals surface area (Å²) in [5.41, 5.74) is 1.41. The van der Waals surface area contributed by atoms with E-state index in [-0.39, 0.29) is 31.1 Å². The Hall–Kier alpha value is -2.15. The van der Waals surface area contributed by atoms with Gasteiger partial charge in [0.25, 0.3) is 0 Å². The molecule has 0 aromatic carbocycles. The van der Waals surface area contributed by atoms with Crippen molar-refractivity contribution in [3.63, 3.8) is 0 Å². The second-order valence-corrected chi connectivity index (χ2v) is 7.08. The average molecular weight is 363 g/mol. The van der Waals surface area contributed by atoms with Crippen LogP contribution >= 0.6 is 0 Å². The molecule has 0 spiro atoms. The summed E-state index contributed by atoms with van der Waals surface area (Å²) >= 11 is 0. The topological polar surface area (TPSA) is 82.1 Å². The van der Waals surface area contributed by atoms with Crippen LogP contribution in [0.2, 0.25) is 0 Å². The molecule has 7 nitrogen and oxygen atoms in total. The van der Waals surface area contributed by atoms with Crippen molar-refractivity contribution in [1.82, 2.24) is 4.90 Å². The molecule has 0 aromatic heterocycles. The molecule has 0 aromatic rings. The Morgan fingerprint density at radius 3 is 2.85 bits per heavy atom. The lowest BCUT2D eigenvalue weighted by Gasteiger charge is -2.28. The molecular formula is C19H25NO6. The number of carbonyl (C=O) groups excluding carboxylic acids is 3. The maximum Gasteiger partial charge on any atom is 0.348 e. The van der Waals surface area contributed by atoms with Crippen LogP contribution in [0.15, 0.2) is 23.3 Å². The van der Waals surface area contributed by atoms with Crippen LogP contribution in [-0.4, -0.2) is 60.8 Å². The summed E-state index contributed by atoms with van der Waals surface area (Å²) in [4.78, 5) is 38.8. The summed E-state index contributed by atoms with van der Waals surface area (Å²) in [6.45, 7) is 6.49. The summed E-state index contributed by atoms with van der Waals surface area (Å²) in [6, 6.07) is -0.0473. The van der Waals surface area contributed by atoms with Gasteiger partial charge in [0, 0.05) is 31.5 Å². The Morgan fingerprint density at radius 2 is 2.15 bits per heavy atom. The van der Waals surface area contributed by atoms with Crippen molar-refractivity contribution < 1.29 is 28.6 Å². The maximum absolute atomic E-state index is 12.6. The molecule has 3 aliphatic heterocycles. The summed E-state index contributed by atoms with van der Waals surface area (Å²) in [6.07, 6.45) is 3.47. The molecule has 2 fully saturated rings. The van der Waals surface area contributed by atoms with Gasteiger partial charge >= 0.3 is 17.9 Å². The Kier molecular flexibility index (Phi) is 5.46. The predicted octanol–water partition coefficient (Wildman–Crippen LogP) is 1.37. The molecule has 3 aliphatic rings. The van der Waals surface area contributed by atoms with Crippen molar-refractivity contribution in [2.75, 3.05) is 19.7 Å². The van der Waals surface area contributed by atoms with Gasteiger partial charge in [-0.15, -0.1) is 0 Å². The number of hydrogen-bond acceptors (Lipinski definition) is 7. The molecule has 4 atom stereocenters. The first-order valence-electron chi connectivity index (χ1n) is 9.03. The number of rotatable bonds is 1. The normalized spacial score (nSPS) is 34.3. The van der Waals surface area contributed by atoms with Gasteiger partial charge in [-0.3, -0.25) is 9.69 Å². The SMILES string of the molecule is C/C=C1\C[C@@H](C)[C@@H](OC(C)=O)C(=O)OCC2=CCN3CC[C@@H](OC1=O)[C@@H]23. The van der Waals surface area contributed by atoms with Crippen LogP contribution in [0.1, 0.15) is 33.6 Å². The van der Waals surface area contributed by atoms with E-state index in [2.05, 4.69) is 4.90 Å². The van der Waals surface area contributed by atoms with Gasteiger partial charge in [0.2, 0.25) is 6.10 Å². The van der Waals surface area contributed by atoms with E-state index in [1.165, 1.54) is 6.92 Å². The van der Waals surface area contributed by atoms with Crippen LogP contribution in [0.3, 0.4) is 0 Å². The standard InChI is InChI=1S/C19H25NO6/c1-4-13-9-11(2)17(25-12(3)21)19(23)24-10-14-5-7-20-8-6-15(16(14)20)26-18(13)22/h4-5,11,15-17H,6-10H2,1-3H3/b13-4+/t11-,15-,16-,17-/m1/s1. The van der Waals surface area contributed by atoms with Crippen molar-refractivity contribution in [2.24, 2.45) is 5.92 Å². The molecule has 0 unspecified atom stereocenters. The van der Waals surface area contributed by atoms with E-state index in [1.807, 2.05) is 6.08 Å². The highest BCUT2D eigenvalue weighted by Crippen LogP contribution is 2.33. The third-order valence-electron chi connectivity index (χ3n) is 5.25. The maximum atomic E-state index is 12.6. The van der Waals surface area contributed by atoms with Gasteiger partial charge in [-0.25, -0.2) is 9.59 Å². The number of esters is 3. The highest BCUT2D eigenvalue weighted by molar-refractivity contribution is 5.89. The smallest absolute Gasteiger partial charge is 0.348 e. The van der Waals surface area contributed by atoms with Gasteiger partial charge in [0.1, 0.15) is 12.7 Å². The fourth-order valence-corrected chi connectivity index (χ4v) is 3.92. The molecule has 7 heteroatoms. The van der Waals surface area contributed by atoms with E-state index in [0.717, 1.165) is 25.1 Å². The third kappa shape index (κ3) is 3.67. The van der Waals surface area contributed by atoms with Gasteiger partial charge in [-0.1, -0.05) is 19.1 Å². The van der Waals surface area contributed by atoms with Crippen molar-refractivity contribution in [1.29, 1.82) is 0 Å². The highest BCUT2D eigenvalue weighted by atomic mass is 16.6. The minimum Gasteiger partial charge on any atom is -0.458 e. The molecule has 0 aliphatic carbocycles. The number of hydrogen-bond donors (Lipinski definition) is 0. The molecule has 0 saturated carbocycles. The van der Waals surface area contributed by atoms with Crippen LogP contribution in [0.25, 0.3) is 0 Å². The Balaban J connectivity index is 1.88. The van der Waals surface area contributed by atoms with Gasteiger partial charge in [0.15, 0.2) is 0 Å². The van der Waals surface area contributed by atoms with Gasteiger partial charge < -0.3 is 14.2 Å². The Morgan fingerprint density at radius 1 is 1.38 bits per heavy atom. The zero-order chi connectivity index (χ0) is 18.8. The molecule has 0 radical (unpaired) electrons. The lowest BCUT2D eigenvalue weighted by molar-refractivity contribution is -0.170. The molecule has 0 bridgehead atoms. The monoisotopic (exact) mass is 363 g/mol. The van der Waals surface area contributed by atoms with E-state index in [9.17, 15) is 14.4 Å². The second kappa shape index (κ2) is 7.61. The quantitative estimate of drug-likeness (QED) is 0.301. The Bertz CT molecular complexity index is 667. The minimum absolute atomic E-state index is 0.0473. The van der Waals surface area contributed by atoms with E-state index in [0.29, 0.717) is 5.57 Å². The van der Waals surface area contributed by atoms with E-state index < -0.39 is 24.0 Å². The number of carbonyl (C=O) groups is 3. The second-order valence-electron chi connectivity index (χ2n) is 7.08.